The molecule has 0 aliphatic heterocycles. The third-order valence-electron chi connectivity index (χ3n) is 3.73. The van der Waals surface area contributed by atoms with Crippen LogP contribution in [-0.4, -0.2) is 23.4 Å². The zero-order chi connectivity index (χ0) is 15.5. The molecule has 0 amide bonds. The maximum absolute atomic E-state index is 13.5. The maximum Gasteiger partial charge on any atom is 0.124 e. The SMILES string of the molecule is Cc1ccc(C(CO)(CO)Cc2cc(F)cc(Br)c2)cc1. The summed E-state index contributed by atoms with van der Waals surface area (Å²) >= 11 is 3.27. The number of hydrogen-bond donors (Lipinski definition) is 2. The summed E-state index contributed by atoms with van der Waals surface area (Å²) in [5.41, 5.74) is 1.86. The fourth-order valence-corrected chi connectivity index (χ4v) is 2.97. The molecule has 4 heteroatoms. The fourth-order valence-electron chi connectivity index (χ4n) is 2.46. The Morgan fingerprint density at radius 2 is 1.67 bits per heavy atom. The minimum absolute atomic E-state index is 0.208. The summed E-state index contributed by atoms with van der Waals surface area (Å²) in [5, 5.41) is 19.7. The number of aliphatic hydroxyl groups excluding tert-OH is 2. The van der Waals surface area contributed by atoms with Gasteiger partial charge >= 0.3 is 0 Å². The monoisotopic (exact) mass is 352 g/mol. The molecule has 2 aromatic carbocycles. The van der Waals surface area contributed by atoms with E-state index in [2.05, 4.69) is 15.9 Å². The molecular formula is C17H18BrFO2. The van der Waals surface area contributed by atoms with Crippen molar-refractivity contribution < 1.29 is 14.6 Å². The molecule has 2 rings (SSSR count). The van der Waals surface area contributed by atoms with Crippen LogP contribution in [0.4, 0.5) is 4.39 Å². The van der Waals surface area contributed by atoms with Crippen LogP contribution >= 0.6 is 15.9 Å². The van der Waals surface area contributed by atoms with Gasteiger partial charge < -0.3 is 10.2 Å². The molecule has 21 heavy (non-hydrogen) atoms. The highest BCUT2D eigenvalue weighted by molar-refractivity contribution is 9.10. The van der Waals surface area contributed by atoms with Gasteiger partial charge in [-0.2, -0.15) is 0 Å². The van der Waals surface area contributed by atoms with E-state index in [9.17, 15) is 14.6 Å². The van der Waals surface area contributed by atoms with Gasteiger partial charge in [-0.15, -0.1) is 0 Å². The molecule has 2 nitrogen and oxygen atoms in total. The molecule has 0 heterocycles. The molecule has 0 saturated heterocycles. The minimum Gasteiger partial charge on any atom is -0.395 e. The highest BCUT2D eigenvalue weighted by Crippen LogP contribution is 2.29. The molecular weight excluding hydrogens is 335 g/mol. The van der Waals surface area contributed by atoms with Gasteiger partial charge in [0.25, 0.3) is 0 Å². The minimum atomic E-state index is -0.819. The number of aryl methyl sites for hydroxylation is 1. The van der Waals surface area contributed by atoms with Gasteiger partial charge in [-0.1, -0.05) is 45.8 Å². The summed E-state index contributed by atoms with van der Waals surface area (Å²) in [6.07, 6.45) is 0.361. The van der Waals surface area contributed by atoms with Crippen LogP contribution in [0.3, 0.4) is 0 Å². The van der Waals surface area contributed by atoms with Crippen molar-refractivity contribution in [3.05, 3.63) is 69.4 Å². The average Bonchev–Trinajstić information content (AvgIpc) is 2.45. The Morgan fingerprint density at radius 3 is 2.19 bits per heavy atom. The van der Waals surface area contributed by atoms with Gasteiger partial charge in [0.2, 0.25) is 0 Å². The first-order valence-corrected chi connectivity index (χ1v) is 7.52. The molecule has 0 radical (unpaired) electrons. The quantitative estimate of drug-likeness (QED) is 0.866. The van der Waals surface area contributed by atoms with Crippen LogP contribution in [0.15, 0.2) is 46.9 Å². The van der Waals surface area contributed by atoms with Crippen LogP contribution < -0.4 is 0 Å². The number of benzene rings is 2. The highest BCUT2D eigenvalue weighted by atomic mass is 79.9. The maximum atomic E-state index is 13.5. The standard InChI is InChI=1S/C17H18BrFO2/c1-12-2-4-14(5-3-12)17(10-20,11-21)9-13-6-15(18)8-16(19)7-13/h2-8,20-21H,9-11H2,1H3. The third-order valence-corrected chi connectivity index (χ3v) is 4.19. The molecule has 0 saturated carbocycles. The molecule has 0 aliphatic rings. The lowest BCUT2D eigenvalue weighted by molar-refractivity contribution is 0.116. The van der Waals surface area contributed by atoms with Crippen molar-refractivity contribution in [2.24, 2.45) is 0 Å². The lowest BCUT2D eigenvalue weighted by Crippen LogP contribution is -2.37. The number of hydrogen-bond acceptors (Lipinski definition) is 2. The van der Waals surface area contributed by atoms with Crippen LogP contribution in [0, 0.1) is 12.7 Å². The largest absolute Gasteiger partial charge is 0.395 e. The van der Waals surface area contributed by atoms with Gasteiger partial charge in [0.15, 0.2) is 0 Å². The Bertz CT molecular complexity index is 586. The van der Waals surface area contributed by atoms with Crippen molar-refractivity contribution in [3.8, 4) is 0 Å². The lowest BCUT2D eigenvalue weighted by atomic mass is 9.76. The smallest absolute Gasteiger partial charge is 0.124 e. The molecule has 0 spiro atoms. The van der Waals surface area contributed by atoms with Gasteiger partial charge in [0, 0.05) is 9.89 Å². The number of aliphatic hydroxyl groups is 2. The Labute approximate surface area is 132 Å². The summed E-state index contributed by atoms with van der Waals surface area (Å²) < 4.78 is 14.2. The van der Waals surface area contributed by atoms with Crippen molar-refractivity contribution >= 4 is 15.9 Å². The van der Waals surface area contributed by atoms with E-state index in [1.165, 1.54) is 12.1 Å². The first-order valence-electron chi connectivity index (χ1n) is 6.73. The Kier molecular flexibility index (Phi) is 5.14. The van der Waals surface area contributed by atoms with Crippen molar-refractivity contribution in [3.63, 3.8) is 0 Å². The normalized spacial score (nSPS) is 11.7. The van der Waals surface area contributed by atoms with Crippen LogP contribution in [0.2, 0.25) is 0 Å². The first kappa shape index (κ1) is 16.1. The Morgan fingerprint density at radius 1 is 1.05 bits per heavy atom. The second-order valence-electron chi connectivity index (χ2n) is 5.42. The van der Waals surface area contributed by atoms with Crippen LogP contribution in [0.25, 0.3) is 0 Å². The second kappa shape index (κ2) is 6.69. The highest BCUT2D eigenvalue weighted by Gasteiger charge is 2.31. The molecule has 0 unspecified atom stereocenters. The topological polar surface area (TPSA) is 40.5 Å². The molecule has 0 bridgehead atoms. The zero-order valence-electron chi connectivity index (χ0n) is 11.8. The molecule has 2 N–H and O–H groups in total. The molecule has 0 atom stereocenters. The van der Waals surface area contributed by atoms with Crippen molar-refractivity contribution in [2.75, 3.05) is 13.2 Å². The van der Waals surface area contributed by atoms with Crippen LogP contribution in [-0.2, 0) is 11.8 Å². The summed E-state index contributed by atoms with van der Waals surface area (Å²) in [4.78, 5) is 0. The van der Waals surface area contributed by atoms with Gasteiger partial charge in [0.05, 0.1) is 13.2 Å². The lowest BCUT2D eigenvalue weighted by Gasteiger charge is -2.31. The number of rotatable bonds is 5. The van der Waals surface area contributed by atoms with E-state index in [0.29, 0.717) is 10.9 Å². The first-order chi connectivity index (χ1) is 9.99. The van der Waals surface area contributed by atoms with Gasteiger partial charge in [-0.05, 0) is 42.7 Å². The molecule has 0 aromatic heterocycles. The van der Waals surface area contributed by atoms with Crippen LogP contribution in [0.5, 0.6) is 0 Å². The van der Waals surface area contributed by atoms with Crippen LogP contribution in [0.1, 0.15) is 16.7 Å². The van der Waals surface area contributed by atoms with Crippen molar-refractivity contribution in [1.82, 2.24) is 0 Å². The third kappa shape index (κ3) is 3.70. The fraction of sp³-hybridized carbons (Fsp3) is 0.294. The number of halogens is 2. The van der Waals surface area contributed by atoms with Gasteiger partial charge in [-0.3, -0.25) is 0 Å². The molecule has 0 aliphatic carbocycles. The Balaban J connectivity index is 2.40. The van der Waals surface area contributed by atoms with E-state index in [1.807, 2.05) is 31.2 Å². The summed E-state index contributed by atoms with van der Waals surface area (Å²) in [7, 11) is 0. The summed E-state index contributed by atoms with van der Waals surface area (Å²) in [5.74, 6) is -0.340. The van der Waals surface area contributed by atoms with E-state index in [4.69, 9.17) is 0 Å². The van der Waals surface area contributed by atoms with Crippen molar-refractivity contribution in [1.29, 1.82) is 0 Å². The summed E-state index contributed by atoms with van der Waals surface area (Å²) in [6.45, 7) is 1.56. The van der Waals surface area contributed by atoms with E-state index < -0.39 is 5.41 Å². The van der Waals surface area contributed by atoms with Gasteiger partial charge in [-0.25, -0.2) is 4.39 Å². The predicted molar refractivity (Wildman–Crippen MR) is 84.8 cm³/mol. The van der Waals surface area contributed by atoms with E-state index in [0.717, 1.165) is 16.7 Å². The molecule has 112 valence electrons. The van der Waals surface area contributed by atoms with Crippen molar-refractivity contribution in [2.45, 2.75) is 18.8 Å². The van der Waals surface area contributed by atoms with E-state index in [-0.39, 0.29) is 19.0 Å². The summed E-state index contributed by atoms with van der Waals surface area (Å²) in [6, 6.07) is 12.3. The van der Waals surface area contributed by atoms with E-state index in [1.54, 1.807) is 6.07 Å². The average molecular weight is 353 g/mol. The predicted octanol–water partition coefficient (Wildman–Crippen LogP) is 3.36. The molecule has 0 fully saturated rings. The second-order valence-corrected chi connectivity index (χ2v) is 6.33. The molecule has 2 aromatic rings. The van der Waals surface area contributed by atoms with Gasteiger partial charge in [0.1, 0.15) is 5.82 Å². The Hall–Kier alpha value is -1.23. The zero-order valence-corrected chi connectivity index (χ0v) is 13.4. The van der Waals surface area contributed by atoms with E-state index >= 15 is 0 Å².